The fourth-order valence-corrected chi connectivity index (χ4v) is 2.14. The second-order valence-corrected chi connectivity index (χ2v) is 4.87. The Morgan fingerprint density at radius 3 is 2.59 bits per heavy atom. The normalized spacial score (nSPS) is 23.0. The summed E-state index contributed by atoms with van der Waals surface area (Å²) in [6.45, 7) is 0. The molecular weight excluding hydrogens is 296 g/mol. The molecule has 0 aliphatic heterocycles. The first kappa shape index (κ1) is 12.3. The topological polar surface area (TPSA) is 49.3 Å². The van der Waals surface area contributed by atoms with Gasteiger partial charge in [-0.05, 0) is 34.8 Å². The van der Waals surface area contributed by atoms with Gasteiger partial charge < -0.3 is 10.4 Å². The van der Waals surface area contributed by atoms with Gasteiger partial charge in [0.25, 0.3) is 0 Å². The van der Waals surface area contributed by atoms with Crippen LogP contribution in [0.5, 0.6) is 0 Å². The number of hydrogen-bond donors (Lipinski definition) is 2. The van der Waals surface area contributed by atoms with Crippen LogP contribution in [0.1, 0.15) is 12.8 Å². The van der Waals surface area contributed by atoms with Crippen molar-refractivity contribution in [3.05, 3.63) is 28.2 Å². The molecule has 1 aromatic carbocycles. The van der Waals surface area contributed by atoms with Crippen LogP contribution in [0.3, 0.4) is 0 Å². The fourth-order valence-electron chi connectivity index (χ4n) is 1.80. The van der Waals surface area contributed by atoms with Crippen molar-refractivity contribution in [3.63, 3.8) is 0 Å². The van der Waals surface area contributed by atoms with Crippen LogP contribution in [0.2, 0.25) is 0 Å². The molecule has 92 valence electrons. The van der Waals surface area contributed by atoms with E-state index in [-0.39, 0.29) is 16.2 Å². The number of aliphatic carboxylic acids is 1. The summed E-state index contributed by atoms with van der Waals surface area (Å²) in [5.74, 6) is -2.80. The lowest BCUT2D eigenvalue weighted by Crippen LogP contribution is -2.43. The Labute approximate surface area is 105 Å². The zero-order valence-electron chi connectivity index (χ0n) is 8.71. The molecule has 0 heterocycles. The van der Waals surface area contributed by atoms with E-state index < -0.39 is 23.5 Å². The van der Waals surface area contributed by atoms with Gasteiger partial charge in [-0.25, -0.2) is 8.78 Å². The molecule has 0 amide bonds. The molecular formula is C11H10BrF2NO2. The largest absolute Gasteiger partial charge is 0.481 e. The maximum Gasteiger partial charge on any atom is 0.308 e. The molecule has 2 atom stereocenters. The van der Waals surface area contributed by atoms with Crippen LogP contribution in [-0.4, -0.2) is 17.1 Å². The molecule has 2 unspecified atom stereocenters. The fraction of sp³-hybridized carbons (Fsp3) is 0.364. The highest BCUT2D eigenvalue weighted by Crippen LogP contribution is 2.32. The predicted molar refractivity (Wildman–Crippen MR) is 61.8 cm³/mol. The number of carbonyl (C=O) groups is 1. The number of hydrogen-bond acceptors (Lipinski definition) is 2. The van der Waals surface area contributed by atoms with Crippen molar-refractivity contribution >= 4 is 27.6 Å². The van der Waals surface area contributed by atoms with Gasteiger partial charge in [0.2, 0.25) is 0 Å². The van der Waals surface area contributed by atoms with Crippen molar-refractivity contribution in [2.24, 2.45) is 5.92 Å². The minimum atomic E-state index is -0.893. The smallest absolute Gasteiger partial charge is 0.308 e. The van der Waals surface area contributed by atoms with Crippen molar-refractivity contribution < 1.29 is 18.7 Å². The SMILES string of the molecule is O=C(O)C1CCC1Nc1cc(Br)c(F)cc1F. The molecule has 1 aliphatic rings. The lowest BCUT2D eigenvalue weighted by molar-refractivity contribution is -0.144. The van der Waals surface area contributed by atoms with Gasteiger partial charge in [-0.3, -0.25) is 4.79 Å². The third-order valence-corrected chi connectivity index (χ3v) is 3.55. The highest BCUT2D eigenvalue weighted by molar-refractivity contribution is 9.10. The third-order valence-electron chi connectivity index (χ3n) is 2.94. The average molecular weight is 306 g/mol. The number of nitrogens with one attached hydrogen (secondary N) is 1. The molecule has 0 bridgehead atoms. The number of rotatable bonds is 3. The monoisotopic (exact) mass is 305 g/mol. The van der Waals surface area contributed by atoms with Crippen molar-refractivity contribution in [2.45, 2.75) is 18.9 Å². The summed E-state index contributed by atoms with van der Waals surface area (Å²) in [7, 11) is 0. The predicted octanol–water partition coefficient (Wildman–Crippen LogP) is 3.00. The second kappa shape index (κ2) is 4.60. The van der Waals surface area contributed by atoms with Gasteiger partial charge in [-0.1, -0.05) is 0 Å². The van der Waals surface area contributed by atoms with Crippen LogP contribution in [-0.2, 0) is 4.79 Å². The zero-order valence-corrected chi connectivity index (χ0v) is 10.3. The Balaban J connectivity index is 2.14. The Hall–Kier alpha value is -1.17. The molecule has 1 aromatic rings. The minimum absolute atomic E-state index is 0.120. The molecule has 1 fully saturated rings. The van der Waals surface area contributed by atoms with Crippen molar-refractivity contribution in [1.29, 1.82) is 0 Å². The van der Waals surface area contributed by atoms with Crippen LogP contribution in [0.15, 0.2) is 16.6 Å². The van der Waals surface area contributed by atoms with E-state index in [0.29, 0.717) is 12.8 Å². The summed E-state index contributed by atoms with van der Waals surface area (Å²) in [5.41, 5.74) is 0.120. The Morgan fingerprint density at radius 2 is 2.06 bits per heavy atom. The molecule has 1 saturated carbocycles. The van der Waals surface area contributed by atoms with Gasteiger partial charge in [-0.15, -0.1) is 0 Å². The van der Waals surface area contributed by atoms with E-state index in [2.05, 4.69) is 21.2 Å². The van der Waals surface area contributed by atoms with Gasteiger partial charge >= 0.3 is 5.97 Å². The highest BCUT2D eigenvalue weighted by Gasteiger charge is 2.36. The molecule has 0 spiro atoms. The van der Waals surface area contributed by atoms with E-state index in [1.165, 1.54) is 6.07 Å². The Morgan fingerprint density at radius 1 is 1.35 bits per heavy atom. The van der Waals surface area contributed by atoms with E-state index in [1.54, 1.807) is 0 Å². The number of carboxylic acid groups (broad SMARTS) is 1. The number of halogens is 3. The molecule has 0 saturated heterocycles. The summed E-state index contributed by atoms with van der Waals surface area (Å²) in [4.78, 5) is 10.8. The van der Waals surface area contributed by atoms with Crippen LogP contribution < -0.4 is 5.32 Å². The number of carboxylic acids is 1. The summed E-state index contributed by atoms with van der Waals surface area (Å²) >= 11 is 2.96. The van der Waals surface area contributed by atoms with Crippen molar-refractivity contribution in [1.82, 2.24) is 0 Å². The number of anilines is 1. The van der Waals surface area contributed by atoms with E-state index >= 15 is 0 Å². The summed E-state index contributed by atoms with van der Waals surface area (Å²) in [5, 5.41) is 11.6. The maximum absolute atomic E-state index is 13.4. The molecule has 3 nitrogen and oxygen atoms in total. The van der Waals surface area contributed by atoms with Crippen molar-refractivity contribution in [2.75, 3.05) is 5.32 Å². The average Bonchev–Trinajstić information content (AvgIpc) is 2.18. The standard InChI is InChI=1S/C11H10BrF2NO2/c12-6-3-10(8(14)4-7(6)13)15-9-2-1-5(9)11(16)17/h3-5,9,15H,1-2H2,(H,16,17). The van der Waals surface area contributed by atoms with E-state index in [1.807, 2.05) is 0 Å². The van der Waals surface area contributed by atoms with E-state index in [4.69, 9.17) is 5.11 Å². The molecule has 2 N–H and O–H groups in total. The van der Waals surface area contributed by atoms with Crippen LogP contribution in [0.25, 0.3) is 0 Å². The first-order valence-electron chi connectivity index (χ1n) is 5.13. The lowest BCUT2D eigenvalue weighted by atomic mass is 9.79. The van der Waals surface area contributed by atoms with Crippen molar-refractivity contribution in [3.8, 4) is 0 Å². The summed E-state index contributed by atoms with van der Waals surface area (Å²) in [6, 6.07) is 1.75. The van der Waals surface area contributed by atoms with Crippen LogP contribution in [0.4, 0.5) is 14.5 Å². The lowest BCUT2D eigenvalue weighted by Gasteiger charge is -2.34. The van der Waals surface area contributed by atoms with Gasteiger partial charge in [0.05, 0.1) is 16.1 Å². The third kappa shape index (κ3) is 2.41. The summed E-state index contributed by atoms with van der Waals surface area (Å²) < 4.78 is 26.5. The molecule has 2 rings (SSSR count). The first-order chi connectivity index (χ1) is 7.99. The van der Waals surface area contributed by atoms with Gasteiger partial charge in [0.15, 0.2) is 0 Å². The van der Waals surface area contributed by atoms with Crippen LogP contribution in [0, 0.1) is 17.6 Å². The molecule has 1 aliphatic carbocycles. The Kier molecular flexibility index (Phi) is 3.33. The zero-order chi connectivity index (χ0) is 12.6. The maximum atomic E-state index is 13.4. The molecule has 0 aromatic heterocycles. The van der Waals surface area contributed by atoms with Gasteiger partial charge in [0, 0.05) is 12.1 Å². The minimum Gasteiger partial charge on any atom is -0.481 e. The van der Waals surface area contributed by atoms with E-state index in [9.17, 15) is 13.6 Å². The molecule has 6 heteroatoms. The highest BCUT2D eigenvalue weighted by atomic mass is 79.9. The summed E-state index contributed by atoms with van der Waals surface area (Å²) in [6.07, 6.45) is 1.25. The van der Waals surface area contributed by atoms with Crippen LogP contribution >= 0.6 is 15.9 Å². The molecule has 0 radical (unpaired) electrons. The molecule has 17 heavy (non-hydrogen) atoms. The first-order valence-corrected chi connectivity index (χ1v) is 5.92. The van der Waals surface area contributed by atoms with Gasteiger partial charge in [0.1, 0.15) is 11.6 Å². The quantitative estimate of drug-likeness (QED) is 0.844. The van der Waals surface area contributed by atoms with E-state index in [0.717, 1.165) is 6.07 Å². The number of benzene rings is 1. The Bertz CT molecular complexity index is 467. The van der Waals surface area contributed by atoms with Gasteiger partial charge in [-0.2, -0.15) is 0 Å². The second-order valence-electron chi connectivity index (χ2n) is 4.02.